The lowest BCUT2D eigenvalue weighted by Crippen LogP contribution is -2.04. The van der Waals surface area contributed by atoms with Gasteiger partial charge in [0.2, 0.25) is 0 Å². The van der Waals surface area contributed by atoms with Crippen LogP contribution in [-0.4, -0.2) is 16.1 Å². The zero-order valence-corrected chi connectivity index (χ0v) is 12.0. The normalized spacial score (nSPS) is 12.4. The van der Waals surface area contributed by atoms with Crippen molar-refractivity contribution < 1.29 is 4.79 Å². The second-order valence-corrected chi connectivity index (χ2v) is 5.21. The number of benzene rings is 1. The van der Waals surface area contributed by atoms with Crippen LogP contribution in [0.1, 0.15) is 36.7 Å². The summed E-state index contributed by atoms with van der Waals surface area (Å²) >= 11 is 3.40. The molecule has 1 heterocycles. The smallest absolute Gasteiger partial charge is 0.153 e. The van der Waals surface area contributed by atoms with E-state index < -0.39 is 0 Å². The molecule has 0 aliphatic carbocycles. The van der Waals surface area contributed by atoms with Crippen LogP contribution < -0.4 is 0 Å². The van der Waals surface area contributed by atoms with E-state index in [0.717, 1.165) is 28.4 Å². The Kier molecular flexibility index (Phi) is 3.97. The molecule has 0 saturated carbocycles. The maximum absolute atomic E-state index is 11.1. The third-order valence-electron chi connectivity index (χ3n) is 3.05. The molecule has 4 heteroatoms. The highest BCUT2D eigenvalue weighted by Crippen LogP contribution is 2.24. The molecule has 0 fully saturated rings. The summed E-state index contributed by atoms with van der Waals surface area (Å²) in [6.07, 6.45) is 3.67. The highest BCUT2D eigenvalue weighted by atomic mass is 79.9. The first-order valence-corrected chi connectivity index (χ1v) is 6.75. The average molecular weight is 307 g/mol. The van der Waals surface area contributed by atoms with Crippen LogP contribution in [0, 0.1) is 0 Å². The molecule has 0 aliphatic rings. The molecule has 0 spiro atoms. The van der Waals surface area contributed by atoms with E-state index >= 15 is 0 Å². The lowest BCUT2D eigenvalue weighted by molar-refractivity contribution is 0.112. The van der Waals surface area contributed by atoms with Gasteiger partial charge in [-0.3, -0.25) is 9.48 Å². The van der Waals surface area contributed by atoms with E-state index in [1.807, 2.05) is 35.1 Å². The zero-order valence-electron chi connectivity index (χ0n) is 10.4. The standard InChI is InChI=1S/C14H15BrN2O/c1-3-10(2)17-8-12(9-18)14(16-17)11-4-6-13(15)7-5-11/h4-10H,3H2,1-2H3. The van der Waals surface area contributed by atoms with Gasteiger partial charge in [-0.2, -0.15) is 5.10 Å². The second-order valence-electron chi connectivity index (χ2n) is 4.30. The van der Waals surface area contributed by atoms with Crippen molar-refractivity contribution in [3.63, 3.8) is 0 Å². The number of halogens is 1. The summed E-state index contributed by atoms with van der Waals surface area (Å²) < 4.78 is 2.88. The summed E-state index contributed by atoms with van der Waals surface area (Å²) in [5.41, 5.74) is 2.35. The quantitative estimate of drug-likeness (QED) is 0.797. The van der Waals surface area contributed by atoms with E-state index in [-0.39, 0.29) is 0 Å². The summed E-state index contributed by atoms with van der Waals surface area (Å²) in [4.78, 5) is 11.1. The van der Waals surface area contributed by atoms with Gasteiger partial charge in [0, 0.05) is 22.3 Å². The van der Waals surface area contributed by atoms with Gasteiger partial charge >= 0.3 is 0 Å². The maximum Gasteiger partial charge on any atom is 0.153 e. The summed E-state index contributed by atoms with van der Waals surface area (Å²) in [5, 5.41) is 4.52. The molecule has 18 heavy (non-hydrogen) atoms. The van der Waals surface area contributed by atoms with Crippen molar-refractivity contribution in [3.8, 4) is 11.3 Å². The number of nitrogens with zero attached hydrogens (tertiary/aromatic N) is 2. The van der Waals surface area contributed by atoms with Crippen LogP contribution >= 0.6 is 15.9 Å². The average Bonchev–Trinajstić information content (AvgIpc) is 2.83. The Morgan fingerprint density at radius 2 is 2.06 bits per heavy atom. The van der Waals surface area contributed by atoms with E-state index in [1.54, 1.807) is 0 Å². The molecule has 2 rings (SSSR count). The molecular formula is C14H15BrN2O. The molecule has 0 aliphatic heterocycles. The predicted octanol–water partition coefficient (Wildman–Crippen LogP) is 4.10. The topological polar surface area (TPSA) is 34.9 Å². The van der Waals surface area contributed by atoms with Gasteiger partial charge in [0.25, 0.3) is 0 Å². The summed E-state index contributed by atoms with van der Waals surface area (Å²) in [7, 11) is 0. The van der Waals surface area contributed by atoms with Crippen molar-refractivity contribution in [1.82, 2.24) is 9.78 Å². The Balaban J connectivity index is 2.46. The van der Waals surface area contributed by atoms with Crippen molar-refractivity contribution in [3.05, 3.63) is 40.5 Å². The Hall–Kier alpha value is -1.42. The minimum atomic E-state index is 0.299. The second kappa shape index (κ2) is 5.48. The molecule has 2 aromatic rings. The fourth-order valence-corrected chi connectivity index (χ4v) is 2.00. The van der Waals surface area contributed by atoms with Crippen molar-refractivity contribution in [2.24, 2.45) is 0 Å². The molecule has 3 nitrogen and oxygen atoms in total. The number of aromatic nitrogens is 2. The van der Waals surface area contributed by atoms with Crippen LogP contribution in [0.3, 0.4) is 0 Å². The van der Waals surface area contributed by atoms with Gasteiger partial charge in [0.05, 0.1) is 5.56 Å². The van der Waals surface area contributed by atoms with E-state index in [0.29, 0.717) is 11.6 Å². The zero-order chi connectivity index (χ0) is 13.1. The number of hydrogen-bond acceptors (Lipinski definition) is 2. The van der Waals surface area contributed by atoms with Crippen LogP contribution in [0.5, 0.6) is 0 Å². The van der Waals surface area contributed by atoms with Gasteiger partial charge in [0.15, 0.2) is 6.29 Å². The lowest BCUT2D eigenvalue weighted by Gasteiger charge is -2.07. The van der Waals surface area contributed by atoms with Crippen LogP contribution in [0.2, 0.25) is 0 Å². The number of carbonyl (C=O) groups excluding carboxylic acids is 1. The number of aldehydes is 1. The van der Waals surface area contributed by atoms with Gasteiger partial charge in [-0.25, -0.2) is 0 Å². The van der Waals surface area contributed by atoms with Crippen LogP contribution in [0.25, 0.3) is 11.3 Å². The molecule has 1 atom stereocenters. The van der Waals surface area contributed by atoms with E-state index in [9.17, 15) is 4.79 Å². The molecule has 94 valence electrons. The third-order valence-corrected chi connectivity index (χ3v) is 3.58. The van der Waals surface area contributed by atoms with Gasteiger partial charge in [0.1, 0.15) is 5.69 Å². The van der Waals surface area contributed by atoms with Gasteiger partial charge in [-0.15, -0.1) is 0 Å². The number of rotatable bonds is 4. The van der Waals surface area contributed by atoms with Crippen LogP contribution in [0.4, 0.5) is 0 Å². The Labute approximate surface area is 115 Å². The van der Waals surface area contributed by atoms with Gasteiger partial charge in [-0.1, -0.05) is 35.0 Å². The molecule has 1 unspecified atom stereocenters. The first kappa shape index (κ1) is 13.0. The largest absolute Gasteiger partial charge is 0.298 e. The monoisotopic (exact) mass is 306 g/mol. The highest BCUT2D eigenvalue weighted by Gasteiger charge is 2.12. The van der Waals surface area contributed by atoms with Crippen molar-refractivity contribution in [2.75, 3.05) is 0 Å². The first-order chi connectivity index (χ1) is 8.65. The van der Waals surface area contributed by atoms with Crippen LogP contribution in [-0.2, 0) is 0 Å². The minimum absolute atomic E-state index is 0.299. The predicted molar refractivity (Wildman–Crippen MR) is 75.8 cm³/mol. The van der Waals surface area contributed by atoms with Crippen molar-refractivity contribution in [2.45, 2.75) is 26.3 Å². The summed E-state index contributed by atoms with van der Waals surface area (Å²) in [6, 6.07) is 8.12. The molecule has 0 radical (unpaired) electrons. The number of hydrogen-bond donors (Lipinski definition) is 0. The molecule has 0 N–H and O–H groups in total. The minimum Gasteiger partial charge on any atom is -0.298 e. The number of carbonyl (C=O) groups is 1. The SMILES string of the molecule is CCC(C)n1cc(C=O)c(-c2ccc(Br)cc2)n1. The molecule has 1 aromatic carbocycles. The van der Waals surface area contributed by atoms with E-state index in [4.69, 9.17) is 0 Å². The molecule has 0 amide bonds. The highest BCUT2D eigenvalue weighted by molar-refractivity contribution is 9.10. The van der Waals surface area contributed by atoms with Crippen LogP contribution in [0.15, 0.2) is 34.9 Å². The fraction of sp³-hybridized carbons (Fsp3) is 0.286. The lowest BCUT2D eigenvalue weighted by atomic mass is 10.1. The maximum atomic E-state index is 11.1. The Morgan fingerprint density at radius 1 is 1.39 bits per heavy atom. The van der Waals surface area contributed by atoms with Gasteiger partial charge < -0.3 is 0 Å². The Bertz CT molecular complexity index is 545. The molecular weight excluding hydrogens is 292 g/mol. The summed E-state index contributed by atoms with van der Waals surface area (Å²) in [6.45, 7) is 4.19. The first-order valence-electron chi connectivity index (χ1n) is 5.96. The molecule has 1 aromatic heterocycles. The van der Waals surface area contributed by atoms with Gasteiger partial charge in [-0.05, 0) is 25.5 Å². The molecule has 0 saturated heterocycles. The van der Waals surface area contributed by atoms with Crippen molar-refractivity contribution >= 4 is 22.2 Å². The molecule has 0 bridgehead atoms. The van der Waals surface area contributed by atoms with E-state index in [2.05, 4.69) is 34.9 Å². The fourth-order valence-electron chi connectivity index (χ4n) is 1.74. The summed E-state index contributed by atoms with van der Waals surface area (Å²) in [5.74, 6) is 0. The van der Waals surface area contributed by atoms with E-state index in [1.165, 1.54) is 0 Å². The third kappa shape index (κ3) is 2.53. The Morgan fingerprint density at radius 3 is 2.61 bits per heavy atom. The van der Waals surface area contributed by atoms with Crippen molar-refractivity contribution in [1.29, 1.82) is 0 Å².